The molecule has 1 fully saturated rings. The first-order chi connectivity index (χ1) is 5.16. The Balaban J connectivity index is 2.05. The molecule has 11 heavy (non-hydrogen) atoms. The Kier molecular flexibility index (Phi) is 2.90. The second-order valence-corrected chi connectivity index (χ2v) is 3.95. The van der Waals surface area contributed by atoms with Gasteiger partial charge in [-0.1, -0.05) is 13.3 Å². The molecule has 66 valence electrons. The molecule has 0 bridgehead atoms. The maximum atomic E-state index is 5.98. The normalized spacial score (nSPS) is 20.7. The van der Waals surface area contributed by atoms with Crippen LogP contribution in [0.1, 0.15) is 32.6 Å². The molecule has 1 aliphatic rings. The number of hydrogen-bond acceptors (Lipinski definition) is 2. The van der Waals surface area contributed by atoms with Crippen molar-refractivity contribution in [2.24, 2.45) is 5.73 Å². The van der Waals surface area contributed by atoms with Crippen LogP contribution in [0.25, 0.3) is 0 Å². The smallest absolute Gasteiger partial charge is 0.0284 e. The minimum atomic E-state index is 0.197. The third-order valence-corrected chi connectivity index (χ3v) is 2.37. The molecule has 2 heteroatoms. The van der Waals surface area contributed by atoms with E-state index in [-0.39, 0.29) is 5.54 Å². The van der Waals surface area contributed by atoms with E-state index in [9.17, 15) is 0 Å². The molecule has 1 saturated carbocycles. The zero-order valence-corrected chi connectivity index (χ0v) is 7.77. The molecule has 0 unspecified atom stereocenters. The van der Waals surface area contributed by atoms with E-state index in [1.54, 1.807) is 0 Å². The van der Waals surface area contributed by atoms with Gasteiger partial charge in [0.05, 0.1) is 0 Å². The van der Waals surface area contributed by atoms with Crippen molar-refractivity contribution in [3.8, 4) is 0 Å². The van der Waals surface area contributed by atoms with Gasteiger partial charge in [0.15, 0.2) is 0 Å². The highest BCUT2D eigenvalue weighted by Crippen LogP contribution is 2.32. The molecular weight excluding hydrogens is 136 g/mol. The van der Waals surface area contributed by atoms with E-state index in [2.05, 4.69) is 18.9 Å². The highest BCUT2D eigenvalue weighted by Gasteiger charge is 2.38. The van der Waals surface area contributed by atoms with Crippen LogP contribution in [-0.2, 0) is 0 Å². The summed E-state index contributed by atoms with van der Waals surface area (Å²) in [6.07, 6.45) is 5.03. The number of rotatable bonds is 5. The summed E-state index contributed by atoms with van der Waals surface area (Å²) in [4.78, 5) is 2.36. The molecule has 1 aliphatic carbocycles. The van der Waals surface area contributed by atoms with Gasteiger partial charge in [-0.25, -0.2) is 0 Å². The monoisotopic (exact) mass is 156 g/mol. The maximum Gasteiger partial charge on any atom is 0.0284 e. The quantitative estimate of drug-likeness (QED) is 0.648. The Morgan fingerprint density at radius 2 is 2.09 bits per heavy atom. The van der Waals surface area contributed by atoms with Crippen molar-refractivity contribution >= 4 is 0 Å². The predicted octanol–water partition coefficient (Wildman–Crippen LogP) is 1.21. The Morgan fingerprint density at radius 3 is 2.55 bits per heavy atom. The predicted molar refractivity (Wildman–Crippen MR) is 48.6 cm³/mol. The molecule has 0 heterocycles. The van der Waals surface area contributed by atoms with Gasteiger partial charge in [0.25, 0.3) is 0 Å². The molecule has 0 spiro atoms. The Hall–Kier alpha value is -0.0800. The van der Waals surface area contributed by atoms with Gasteiger partial charge in [-0.05, 0) is 32.9 Å². The summed E-state index contributed by atoms with van der Waals surface area (Å²) in [7, 11) is 2.17. The first kappa shape index (κ1) is 9.01. The maximum absolute atomic E-state index is 5.98. The number of likely N-dealkylation sites (N-methyl/N-ethyl adjacent to an activating group) is 1. The van der Waals surface area contributed by atoms with Crippen molar-refractivity contribution in [1.29, 1.82) is 0 Å². The van der Waals surface area contributed by atoms with Gasteiger partial charge in [0.1, 0.15) is 0 Å². The second kappa shape index (κ2) is 3.55. The van der Waals surface area contributed by atoms with Gasteiger partial charge >= 0.3 is 0 Å². The van der Waals surface area contributed by atoms with Crippen molar-refractivity contribution in [3.63, 3.8) is 0 Å². The van der Waals surface area contributed by atoms with Crippen LogP contribution in [0.3, 0.4) is 0 Å². The van der Waals surface area contributed by atoms with Gasteiger partial charge in [-0.2, -0.15) is 0 Å². The van der Waals surface area contributed by atoms with Crippen molar-refractivity contribution in [2.75, 3.05) is 20.1 Å². The van der Waals surface area contributed by atoms with Crippen LogP contribution in [0, 0.1) is 0 Å². The minimum absolute atomic E-state index is 0.197. The van der Waals surface area contributed by atoms with E-state index in [0.29, 0.717) is 0 Å². The van der Waals surface area contributed by atoms with E-state index in [1.807, 2.05) is 0 Å². The Morgan fingerprint density at radius 1 is 1.45 bits per heavy atom. The molecule has 0 radical (unpaired) electrons. The molecule has 0 saturated heterocycles. The first-order valence-electron chi connectivity index (χ1n) is 4.64. The molecule has 0 atom stereocenters. The van der Waals surface area contributed by atoms with Gasteiger partial charge in [-0.15, -0.1) is 0 Å². The average Bonchev–Trinajstić information content (AvgIpc) is 2.63. The first-order valence-corrected chi connectivity index (χ1v) is 4.64. The largest absolute Gasteiger partial charge is 0.324 e. The highest BCUT2D eigenvalue weighted by atomic mass is 15.1. The lowest BCUT2D eigenvalue weighted by Gasteiger charge is -2.19. The van der Waals surface area contributed by atoms with Crippen LogP contribution < -0.4 is 5.73 Å². The van der Waals surface area contributed by atoms with Gasteiger partial charge in [0.2, 0.25) is 0 Å². The SMILES string of the molecule is CCCCN(C)CC1(N)CC1. The van der Waals surface area contributed by atoms with Crippen LogP contribution in [0.5, 0.6) is 0 Å². The summed E-state index contributed by atoms with van der Waals surface area (Å²) in [6.45, 7) is 4.52. The van der Waals surface area contributed by atoms with Crippen LogP contribution in [0.15, 0.2) is 0 Å². The van der Waals surface area contributed by atoms with Crippen molar-refractivity contribution in [3.05, 3.63) is 0 Å². The van der Waals surface area contributed by atoms with E-state index >= 15 is 0 Å². The standard InChI is InChI=1S/C9H20N2/c1-3-4-7-11(2)8-9(10)5-6-9/h3-8,10H2,1-2H3. The van der Waals surface area contributed by atoms with Gasteiger partial charge in [0, 0.05) is 12.1 Å². The summed E-state index contributed by atoms with van der Waals surface area (Å²) < 4.78 is 0. The lowest BCUT2D eigenvalue weighted by atomic mass is 10.2. The van der Waals surface area contributed by atoms with E-state index in [1.165, 1.54) is 32.2 Å². The molecule has 0 aromatic rings. The molecule has 0 aliphatic heterocycles. The Labute approximate surface area is 69.8 Å². The zero-order chi connectivity index (χ0) is 8.32. The number of hydrogen-bond donors (Lipinski definition) is 1. The minimum Gasteiger partial charge on any atom is -0.324 e. The third kappa shape index (κ3) is 3.21. The van der Waals surface area contributed by atoms with Crippen LogP contribution in [0.2, 0.25) is 0 Å². The summed E-state index contributed by atoms with van der Waals surface area (Å²) in [5, 5.41) is 0. The third-order valence-electron chi connectivity index (χ3n) is 2.37. The topological polar surface area (TPSA) is 29.3 Å². The Bertz CT molecular complexity index is 119. The molecule has 0 aromatic carbocycles. The molecule has 0 amide bonds. The van der Waals surface area contributed by atoms with E-state index in [4.69, 9.17) is 5.73 Å². The van der Waals surface area contributed by atoms with E-state index < -0.39 is 0 Å². The second-order valence-electron chi connectivity index (χ2n) is 3.95. The summed E-state index contributed by atoms with van der Waals surface area (Å²) in [5.74, 6) is 0. The molecule has 1 rings (SSSR count). The fraction of sp³-hybridized carbons (Fsp3) is 1.00. The molecule has 2 nitrogen and oxygen atoms in total. The summed E-state index contributed by atoms with van der Waals surface area (Å²) in [6, 6.07) is 0. The fourth-order valence-electron chi connectivity index (χ4n) is 1.36. The number of nitrogens with two attached hydrogens (primary N) is 1. The van der Waals surface area contributed by atoms with Gasteiger partial charge in [-0.3, -0.25) is 0 Å². The lowest BCUT2D eigenvalue weighted by molar-refractivity contribution is 0.298. The zero-order valence-electron chi connectivity index (χ0n) is 7.77. The van der Waals surface area contributed by atoms with Crippen LogP contribution in [-0.4, -0.2) is 30.6 Å². The van der Waals surface area contributed by atoms with Gasteiger partial charge < -0.3 is 10.6 Å². The number of unbranched alkanes of at least 4 members (excludes halogenated alkanes) is 1. The lowest BCUT2D eigenvalue weighted by Crippen LogP contribution is -2.37. The van der Waals surface area contributed by atoms with Crippen molar-refractivity contribution in [1.82, 2.24) is 4.90 Å². The molecule has 0 aromatic heterocycles. The van der Waals surface area contributed by atoms with Crippen molar-refractivity contribution in [2.45, 2.75) is 38.1 Å². The van der Waals surface area contributed by atoms with Crippen molar-refractivity contribution < 1.29 is 0 Å². The van der Waals surface area contributed by atoms with Crippen LogP contribution in [0.4, 0.5) is 0 Å². The molecule has 2 N–H and O–H groups in total. The molecular formula is C9H20N2. The number of nitrogens with zero attached hydrogens (tertiary/aromatic N) is 1. The fourth-order valence-corrected chi connectivity index (χ4v) is 1.36. The summed E-state index contributed by atoms with van der Waals surface area (Å²) >= 11 is 0. The average molecular weight is 156 g/mol. The van der Waals surface area contributed by atoms with E-state index in [0.717, 1.165) is 6.54 Å². The summed E-state index contributed by atoms with van der Waals surface area (Å²) in [5.41, 5.74) is 6.17. The highest BCUT2D eigenvalue weighted by molar-refractivity contribution is 5.00. The van der Waals surface area contributed by atoms with Crippen LogP contribution >= 0.6 is 0 Å².